The van der Waals surface area contributed by atoms with E-state index in [0.717, 1.165) is 12.0 Å². The predicted octanol–water partition coefficient (Wildman–Crippen LogP) is 1.90. The minimum atomic E-state index is -0.456. The van der Waals surface area contributed by atoms with E-state index in [2.05, 4.69) is 4.98 Å². The highest BCUT2D eigenvalue weighted by Gasteiger charge is 2.23. The van der Waals surface area contributed by atoms with E-state index >= 15 is 0 Å². The molecular weight excluding hydrogens is 251 g/mol. The van der Waals surface area contributed by atoms with Gasteiger partial charge in [0.05, 0.1) is 0 Å². The molecule has 0 unspecified atom stereocenters. The molecule has 104 valence electrons. The number of ether oxygens (including phenoxy) is 1. The van der Waals surface area contributed by atoms with Gasteiger partial charge in [-0.2, -0.15) is 0 Å². The Morgan fingerprint density at radius 1 is 1.40 bits per heavy atom. The summed E-state index contributed by atoms with van der Waals surface area (Å²) in [7, 11) is 5.58. The van der Waals surface area contributed by atoms with Gasteiger partial charge < -0.3 is 9.64 Å². The third-order valence-electron chi connectivity index (χ3n) is 3.02. The van der Waals surface area contributed by atoms with Crippen molar-refractivity contribution in [1.82, 2.24) is 9.88 Å². The Morgan fingerprint density at radius 3 is 2.65 bits per heavy atom. The van der Waals surface area contributed by atoms with E-state index in [1.807, 2.05) is 32.9 Å². The van der Waals surface area contributed by atoms with Crippen LogP contribution in [0.4, 0.5) is 4.79 Å². The van der Waals surface area contributed by atoms with Crippen molar-refractivity contribution < 1.29 is 9.53 Å². The maximum atomic E-state index is 11.9. The van der Waals surface area contributed by atoms with Crippen LogP contribution in [0.3, 0.4) is 0 Å². The van der Waals surface area contributed by atoms with Gasteiger partial charge in [-0.05, 0) is 43.9 Å². The van der Waals surface area contributed by atoms with Crippen molar-refractivity contribution in [2.24, 2.45) is 0 Å². The average molecular weight is 270 g/mol. The molecule has 1 amide bonds. The minimum absolute atomic E-state index is 0.261. The quantitative estimate of drug-likeness (QED) is 0.732. The molecule has 1 aliphatic rings. The van der Waals surface area contributed by atoms with Crippen LogP contribution in [-0.4, -0.2) is 42.5 Å². The lowest BCUT2D eigenvalue weighted by Crippen LogP contribution is -2.39. The molecular formula is C15H19BN2O2. The average Bonchev–Trinajstić information content (AvgIpc) is 2.38. The van der Waals surface area contributed by atoms with Gasteiger partial charge in [0.15, 0.2) is 0 Å². The summed E-state index contributed by atoms with van der Waals surface area (Å²) < 4.78 is 5.36. The number of carbonyl (C=O) groups is 1. The van der Waals surface area contributed by atoms with Gasteiger partial charge in [-0.1, -0.05) is 18.2 Å². The van der Waals surface area contributed by atoms with Crippen molar-refractivity contribution in [3.8, 4) is 0 Å². The Hall–Kier alpha value is -1.78. The smallest absolute Gasteiger partial charge is 0.410 e. The first-order chi connectivity index (χ1) is 9.35. The third kappa shape index (κ3) is 3.86. The normalized spacial score (nSPS) is 15.8. The first-order valence-electron chi connectivity index (χ1n) is 6.74. The van der Waals surface area contributed by atoms with Crippen molar-refractivity contribution in [3.05, 3.63) is 30.0 Å². The van der Waals surface area contributed by atoms with Crippen molar-refractivity contribution in [1.29, 1.82) is 0 Å². The Kier molecular flexibility index (Phi) is 4.16. The van der Waals surface area contributed by atoms with E-state index < -0.39 is 5.60 Å². The molecule has 1 aromatic heterocycles. The summed E-state index contributed by atoms with van der Waals surface area (Å²) in [4.78, 5) is 17.7. The molecule has 20 heavy (non-hydrogen) atoms. The number of aromatic nitrogens is 1. The molecule has 1 aliphatic heterocycles. The van der Waals surface area contributed by atoms with Crippen LogP contribution in [0.25, 0.3) is 5.57 Å². The minimum Gasteiger partial charge on any atom is -0.444 e. The van der Waals surface area contributed by atoms with Gasteiger partial charge in [-0.25, -0.2) is 4.79 Å². The van der Waals surface area contributed by atoms with Crippen molar-refractivity contribution in [3.63, 3.8) is 0 Å². The highest BCUT2D eigenvalue weighted by atomic mass is 16.6. The first-order valence-corrected chi connectivity index (χ1v) is 6.74. The van der Waals surface area contributed by atoms with Crippen LogP contribution in [0.15, 0.2) is 24.4 Å². The maximum absolute atomic E-state index is 11.9. The van der Waals surface area contributed by atoms with Crippen LogP contribution in [0.2, 0.25) is 0 Å². The molecule has 0 N–H and O–H groups in total. The molecule has 0 aromatic carbocycles. The van der Waals surface area contributed by atoms with Gasteiger partial charge >= 0.3 is 6.09 Å². The van der Waals surface area contributed by atoms with E-state index in [0.29, 0.717) is 18.7 Å². The number of carbonyl (C=O) groups excluding carboxylic acids is 1. The number of nitrogens with zero attached hydrogens (tertiary/aromatic N) is 2. The third-order valence-corrected chi connectivity index (χ3v) is 3.02. The predicted molar refractivity (Wildman–Crippen MR) is 80.0 cm³/mol. The van der Waals surface area contributed by atoms with Crippen LogP contribution < -0.4 is 5.59 Å². The number of rotatable bonds is 1. The van der Waals surface area contributed by atoms with Crippen LogP contribution in [0.5, 0.6) is 0 Å². The summed E-state index contributed by atoms with van der Waals surface area (Å²) >= 11 is 0. The Labute approximate surface area is 121 Å². The Balaban J connectivity index is 2.00. The zero-order valence-corrected chi connectivity index (χ0v) is 12.2. The molecule has 4 nitrogen and oxygen atoms in total. The lowest BCUT2D eigenvalue weighted by Gasteiger charge is -2.29. The summed E-state index contributed by atoms with van der Waals surface area (Å²) in [6.07, 6.45) is 4.35. The van der Waals surface area contributed by atoms with Gasteiger partial charge in [0.25, 0.3) is 0 Å². The molecule has 1 aromatic rings. The highest BCUT2D eigenvalue weighted by molar-refractivity contribution is 6.30. The highest BCUT2D eigenvalue weighted by Crippen LogP contribution is 2.22. The zero-order valence-electron chi connectivity index (χ0n) is 12.2. The van der Waals surface area contributed by atoms with Gasteiger partial charge in [0.1, 0.15) is 13.4 Å². The lowest BCUT2D eigenvalue weighted by molar-refractivity contribution is 0.0270. The summed E-state index contributed by atoms with van der Waals surface area (Å²) in [5, 5.41) is 0. The van der Waals surface area contributed by atoms with E-state index in [9.17, 15) is 4.79 Å². The lowest BCUT2D eigenvalue weighted by atomic mass is 9.98. The van der Waals surface area contributed by atoms with Crippen LogP contribution in [0, 0.1) is 0 Å². The molecule has 2 radical (unpaired) electrons. The van der Waals surface area contributed by atoms with Crippen molar-refractivity contribution >= 4 is 25.1 Å². The summed E-state index contributed by atoms with van der Waals surface area (Å²) in [6, 6.07) is 3.74. The fourth-order valence-corrected chi connectivity index (χ4v) is 2.02. The first kappa shape index (κ1) is 14.6. The van der Waals surface area contributed by atoms with E-state index in [4.69, 9.17) is 12.6 Å². The number of hydrogen-bond acceptors (Lipinski definition) is 3. The second kappa shape index (κ2) is 5.69. The van der Waals surface area contributed by atoms with Crippen LogP contribution in [0.1, 0.15) is 32.8 Å². The van der Waals surface area contributed by atoms with E-state index in [1.54, 1.807) is 17.2 Å². The molecule has 2 heterocycles. The molecule has 0 spiro atoms. The SMILES string of the molecule is [B]c1ccc(C2=CCN(C(=O)OC(C)(C)C)CC2)cn1. The van der Waals surface area contributed by atoms with E-state index in [1.165, 1.54) is 5.57 Å². The van der Waals surface area contributed by atoms with Gasteiger partial charge in [-0.3, -0.25) is 4.98 Å². The van der Waals surface area contributed by atoms with E-state index in [-0.39, 0.29) is 6.09 Å². The molecule has 0 fully saturated rings. The zero-order chi connectivity index (χ0) is 14.8. The molecule has 0 bridgehead atoms. The fraction of sp³-hybridized carbons (Fsp3) is 0.467. The second-order valence-corrected chi connectivity index (χ2v) is 5.88. The summed E-state index contributed by atoms with van der Waals surface area (Å²) in [5.41, 5.74) is 2.31. The Morgan fingerprint density at radius 2 is 2.15 bits per heavy atom. The topological polar surface area (TPSA) is 42.4 Å². The Bertz CT molecular complexity index is 518. The molecule has 2 rings (SSSR count). The van der Waals surface area contributed by atoms with Gasteiger partial charge in [0, 0.05) is 19.3 Å². The van der Waals surface area contributed by atoms with Crippen LogP contribution >= 0.6 is 0 Å². The largest absolute Gasteiger partial charge is 0.444 e. The number of pyridine rings is 1. The number of amides is 1. The monoisotopic (exact) mass is 270 g/mol. The molecule has 0 aliphatic carbocycles. The van der Waals surface area contributed by atoms with Gasteiger partial charge in [-0.15, -0.1) is 0 Å². The molecule has 5 heteroatoms. The molecule has 0 atom stereocenters. The molecule has 0 saturated carbocycles. The van der Waals surface area contributed by atoms with Crippen molar-refractivity contribution in [2.75, 3.05) is 13.1 Å². The maximum Gasteiger partial charge on any atom is 0.410 e. The second-order valence-electron chi connectivity index (χ2n) is 5.88. The fourth-order valence-electron chi connectivity index (χ4n) is 2.02. The molecule has 0 saturated heterocycles. The van der Waals surface area contributed by atoms with Crippen LogP contribution in [-0.2, 0) is 4.74 Å². The summed E-state index contributed by atoms with van der Waals surface area (Å²) in [6.45, 7) is 6.84. The van der Waals surface area contributed by atoms with Gasteiger partial charge in [0.2, 0.25) is 0 Å². The standard InChI is InChI=1S/C15H19BN2O2/c1-15(2,3)20-14(19)18-8-6-11(7-9-18)12-4-5-13(16)17-10-12/h4-6,10H,7-9H2,1-3H3. The van der Waals surface area contributed by atoms with Crippen molar-refractivity contribution in [2.45, 2.75) is 32.8 Å². The summed E-state index contributed by atoms with van der Waals surface area (Å²) in [5.74, 6) is 0. The number of hydrogen-bond donors (Lipinski definition) is 0.